The van der Waals surface area contributed by atoms with E-state index in [9.17, 15) is 0 Å². The second kappa shape index (κ2) is 13.1. The summed E-state index contributed by atoms with van der Waals surface area (Å²) >= 11 is 1.57. The lowest BCUT2D eigenvalue weighted by Gasteiger charge is -2.05. The average molecular weight is 226 g/mol. The number of hydrogen-bond acceptors (Lipinski definition) is 2. The molecule has 1 nitrogen and oxygen atoms in total. The van der Waals surface area contributed by atoms with Gasteiger partial charge in [0.1, 0.15) is 5.09 Å². The number of hydrogen-bond donors (Lipinski definition) is 0. The van der Waals surface area contributed by atoms with Gasteiger partial charge in [0.05, 0.1) is 6.61 Å². The van der Waals surface area contributed by atoms with Gasteiger partial charge in [-0.1, -0.05) is 57.0 Å². The van der Waals surface area contributed by atoms with Crippen molar-refractivity contribution in [2.24, 2.45) is 0 Å². The van der Waals surface area contributed by atoms with Gasteiger partial charge < -0.3 is 4.74 Å². The Morgan fingerprint density at radius 2 is 1.93 bits per heavy atom. The molecule has 0 aliphatic carbocycles. The highest BCUT2D eigenvalue weighted by Crippen LogP contribution is 2.18. The summed E-state index contributed by atoms with van der Waals surface area (Å²) in [5.74, 6) is 0.828. The first-order valence-electron chi connectivity index (χ1n) is 5.13. The van der Waals surface area contributed by atoms with E-state index in [1.54, 1.807) is 17.8 Å². The molecular formula is C13H22OS. The Hall–Kier alpha value is -0.890. The fourth-order valence-electron chi connectivity index (χ4n) is 0.693. The van der Waals surface area contributed by atoms with Crippen molar-refractivity contribution >= 4 is 11.8 Å². The number of allylic oxidation sites excluding steroid dienone is 3. The highest BCUT2D eigenvalue weighted by atomic mass is 32.2. The van der Waals surface area contributed by atoms with Crippen molar-refractivity contribution in [2.75, 3.05) is 12.4 Å². The standard InChI is InChI=1S/C11H16OS.C2H6/c1-5-8-11(6-2)9-13-10(4)12-7-3;1-2/h5-6,8H,1-2,4,7,9H2,3H3;1-2H3/b11-8+;. The smallest absolute Gasteiger partial charge is 0.146 e. The van der Waals surface area contributed by atoms with Crippen LogP contribution in [0.15, 0.2) is 48.6 Å². The summed E-state index contributed by atoms with van der Waals surface area (Å²) in [4.78, 5) is 0. The molecule has 0 aromatic carbocycles. The van der Waals surface area contributed by atoms with E-state index in [4.69, 9.17) is 4.74 Å². The Morgan fingerprint density at radius 3 is 2.33 bits per heavy atom. The third-order valence-corrected chi connectivity index (χ3v) is 2.22. The van der Waals surface area contributed by atoms with E-state index in [0.29, 0.717) is 6.61 Å². The minimum absolute atomic E-state index is 0.667. The number of rotatable bonds is 7. The summed E-state index contributed by atoms with van der Waals surface area (Å²) in [6.45, 7) is 17.7. The molecule has 15 heavy (non-hydrogen) atoms. The fourth-order valence-corrected chi connectivity index (χ4v) is 1.44. The van der Waals surface area contributed by atoms with Crippen LogP contribution in [-0.4, -0.2) is 12.4 Å². The molecule has 0 saturated carbocycles. The number of thioether (sulfide) groups is 1. The monoisotopic (exact) mass is 226 g/mol. The maximum atomic E-state index is 5.20. The molecule has 0 aliphatic rings. The first kappa shape index (κ1) is 16.5. The summed E-state index contributed by atoms with van der Waals surface area (Å²) in [5, 5.41) is 0.749. The van der Waals surface area contributed by atoms with Crippen molar-refractivity contribution in [1.82, 2.24) is 0 Å². The van der Waals surface area contributed by atoms with Gasteiger partial charge in [-0.3, -0.25) is 0 Å². The van der Waals surface area contributed by atoms with E-state index in [2.05, 4.69) is 19.7 Å². The molecule has 0 radical (unpaired) electrons. The van der Waals surface area contributed by atoms with Gasteiger partial charge in [-0.05, 0) is 19.1 Å². The van der Waals surface area contributed by atoms with Gasteiger partial charge >= 0.3 is 0 Å². The molecule has 0 spiro atoms. The van der Waals surface area contributed by atoms with E-state index < -0.39 is 0 Å². The predicted molar refractivity (Wildman–Crippen MR) is 73.0 cm³/mol. The third kappa shape index (κ3) is 11.0. The summed E-state index contributed by atoms with van der Waals surface area (Å²) in [6, 6.07) is 0. The van der Waals surface area contributed by atoms with E-state index in [0.717, 1.165) is 16.4 Å². The highest BCUT2D eigenvalue weighted by Gasteiger charge is 1.96. The quantitative estimate of drug-likeness (QED) is 0.465. The molecule has 0 aromatic heterocycles. The average Bonchev–Trinajstić information content (AvgIpc) is 2.27. The Balaban J connectivity index is 0. The van der Waals surface area contributed by atoms with Crippen molar-refractivity contribution < 1.29 is 4.74 Å². The zero-order valence-corrected chi connectivity index (χ0v) is 10.9. The minimum atomic E-state index is 0.667. The maximum absolute atomic E-state index is 5.20. The van der Waals surface area contributed by atoms with Gasteiger partial charge in [0.25, 0.3) is 0 Å². The Labute approximate surface area is 98.6 Å². The zero-order chi connectivity index (χ0) is 12.1. The van der Waals surface area contributed by atoms with Crippen LogP contribution in [0.2, 0.25) is 0 Å². The fraction of sp³-hybridized carbons (Fsp3) is 0.385. The molecule has 0 aromatic rings. The lowest BCUT2D eigenvalue weighted by Crippen LogP contribution is -1.88. The van der Waals surface area contributed by atoms with E-state index >= 15 is 0 Å². The molecule has 0 bridgehead atoms. The van der Waals surface area contributed by atoms with E-state index in [1.165, 1.54) is 0 Å². The van der Waals surface area contributed by atoms with Crippen LogP contribution in [0.4, 0.5) is 0 Å². The molecule has 0 unspecified atom stereocenters. The van der Waals surface area contributed by atoms with Gasteiger partial charge in [0.15, 0.2) is 0 Å². The first-order valence-corrected chi connectivity index (χ1v) is 6.11. The zero-order valence-electron chi connectivity index (χ0n) is 10.1. The molecule has 0 rings (SSSR count). The van der Waals surface area contributed by atoms with Gasteiger partial charge in [-0.2, -0.15) is 0 Å². The molecule has 0 amide bonds. The van der Waals surface area contributed by atoms with Crippen LogP contribution in [0.1, 0.15) is 20.8 Å². The topological polar surface area (TPSA) is 9.23 Å². The largest absolute Gasteiger partial charge is 0.488 e. The molecule has 0 saturated heterocycles. The highest BCUT2D eigenvalue weighted by molar-refractivity contribution is 8.03. The lowest BCUT2D eigenvalue weighted by molar-refractivity contribution is 0.259. The summed E-state index contributed by atoms with van der Waals surface area (Å²) in [6.07, 6.45) is 5.49. The van der Waals surface area contributed by atoms with Crippen molar-refractivity contribution in [3.8, 4) is 0 Å². The Morgan fingerprint density at radius 1 is 1.33 bits per heavy atom. The molecular weight excluding hydrogens is 204 g/mol. The predicted octanol–water partition coefficient (Wildman–Crippen LogP) is 4.55. The van der Waals surface area contributed by atoms with Crippen molar-refractivity contribution in [3.05, 3.63) is 48.6 Å². The van der Waals surface area contributed by atoms with Crippen LogP contribution in [-0.2, 0) is 4.74 Å². The Bertz CT molecular complexity index is 217. The summed E-state index contributed by atoms with van der Waals surface area (Å²) in [5.41, 5.74) is 1.13. The molecule has 0 N–H and O–H groups in total. The van der Waals surface area contributed by atoms with Crippen LogP contribution in [0, 0.1) is 0 Å². The third-order valence-electron chi connectivity index (χ3n) is 1.30. The van der Waals surface area contributed by atoms with Gasteiger partial charge in [-0.25, -0.2) is 0 Å². The van der Waals surface area contributed by atoms with E-state index in [1.807, 2.05) is 32.9 Å². The SMILES string of the molecule is C=C/C=C(\C=C)CSC(=C)OCC.CC. The van der Waals surface area contributed by atoms with Crippen LogP contribution >= 0.6 is 11.8 Å². The van der Waals surface area contributed by atoms with Gasteiger partial charge in [-0.15, -0.1) is 0 Å². The van der Waals surface area contributed by atoms with Gasteiger partial charge in [0.2, 0.25) is 0 Å². The van der Waals surface area contributed by atoms with Crippen LogP contribution in [0.25, 0.3) is 0 Å². The minimum Gasteiger partial charge on any atom is -0.488 e. The van der Waals surface area contributed by atoms with Crippen molar-refractivity contribution in [2.45, 2.75) is 20.8 Å². The van der Waals surface area contributed by atoms with Crippen LogP contribution in [0.5, 0.6) is 0 Å². The first-order chi connectivity index (χ1) is 7.24. The molecule has 0 heterocycles. The number of ether oxygens (including phenoxy) is 1. The van der Waals surface area contributed by atoms with Crippen molar-refractivity contribution in [1.29, 1.82) is 0 Å². The molecule has 2 heteroatoms. The lowest BCUT2D eigenvalue weighted by atomic mass is 10.3. The molecule has 0 aliphatic heterocycles. The van der Waals surface area contributed by atoms with Crippen LogP contribution in [0.3, 0.4) is 0 Å². The summed E-state index contributed by atoms with van der Waals surface area (Å²) < 4.78 is 5.20. The molecule has 0 fully saturated rings. The van der Waals surface area contributed by atoms with Crippen molar-refractivity contribution in [3.63, 3.8) is 0 Å². The molecule has 0 atom stereocenters. The van der Waals surface area contributed by atoms with Gasteiger partial charge in [0, 0.05) is 5.75 Å². The normalized spacial score (nSPS) is 9.67. The Kier molecular flexibility index (Phi) is 14.5. The van der Waals surface area contributed by atoms with E-state index in [-0.39, 0.29) is 0 Å². The maximum Gasteiger partial charge on any atom is 0.146 e. The second-order valence-electron chi connectivity index (χ2n) is 2.28. The summed E-state index contributed by atoms with van der Waals surface area (Å²) in [7, 11) is 0. The van der Waals surface area contributed by atoms with Crippen LogP contribution < -0.4 is 0 Å². The second-order valence-corrected chi connectivity index (χ2v) is 3.31. The molecule has 86 valence electrons.